The molecule has 10 heteroatoms. The van der Waals surface area contributed by atoms with Gasteiger partial charge < -0.3 is 34.7 Å². The van der Waals surface area contributed by atoms with Crippen molar-refractivity contribution in [2.45, 2.75) is 25.8 Å². The third-order valence-corrected chi connectivity index (χ3v) is 6.05. The SMILES string of the molecule is COCC(C)(C)C1(OC)NC(NC(=O)C2COc3ccccc3O2)=C(C(=O)O)N1c1ccccc1. The molecule has 0 aromatic heterocycles. The molecule has 3 N–H and O–H groups in total. The first-order chi connectivity index (χ1) is 16.7. The van der Waals surface area contributed by atoms with E-state index >= 15 is 0 Å². The van der Waals surface area contributed by atoms with Crippen LogP contribution in [0.4, 0.5) is 5.69 Å². The Morgan fingerprint density at radius 2 is 1.80 bits per heavy atom. The Bertz CT molecular complexity index is 1130. The maximum absolute atomic E-state index is 13.2. The standard InChI is InChI=1S/C25H29N3O7/c1-24(2,15-32-3)25(33-4)27-21(20(23(30)31)28(25)16-10-6-5-7-11-16)26-22(29)19-14-34-17-12-8-9-13-18(17)35-19/h5-13,19,27H,14-15H2,1-4H3,(H,26,29)(H,30,31). The van der Waals surface area contributed by atoms with Crippen molar-refractivity contribution in [3.05, 3.63) is 66.1 Å². The van der Waals surface area contributed by atoms with Crippen LogP contribution in [0.15, 0.2) is 66.1 Å². The van der Waals surface area contributed by atoms with E-state index in [0.717, 1.165) is 0 Å². The van der Waals surface area contributed by atoms with Crippen LogP contribution in [0.25, 0.3) is 0 Å². The van der Waals surface area contributed by atoms with Crippen LogP contribution in [0.2, 0.25) is 0 Å². The van der Waals surface area contributed by atoms with Gasteiger partial charge in [0.2, 0.25) is 12.0 Å². The highest BCUT2D eigenvalue weighted by atomic mass is 16.6. The van der Waals surface area contributed by atoms with Crippen LogP contribution in [0.1, 0.15) is 13.8 Å². The minimum absolute atomic E-state index is 0.0223. The number of carbonyl (C=O) groups is 2. The maximum atomic E-state index is 13.2. The third-order valence-electron chi connectivity index (χ3n) is 6.05. The van der Waals surface area contributed by atoms with Crippen LogP contribution in [-0.2, 0) is 19.1 Å². The van der Waals surface area contributed by atoms with Crippen molar-refractivity contribution in [1.82, 2.24) is 10.6 Å². The van der Waals surface area contributed by atoms with Gasteiger partial charge in [-0.25, -0.2) is 4.79 Å². The topological polar surface area (TPSA) is 119 Å². The van der Waals surface area contributed by atoms with Gasteiger partial charge in [-0.1, -0.05) is 44.2 Å². The molecule has 2 unspecified atom stereocenters. The summed E-state index contributed by atoms with van der Waals surface area (Å²) in [4.78, 5) is 27.3. The van der Waals surface area contributed by atoms with Gasteiger partial charge in [0.05, 0.1) is 12.0 Å². The average Bonchev–Trinajstić information content (AvgIpc) is 3.20. The molecular formula is C25H29N3O7. The van der Waals surface area contributed by atoms with Gasteiger partial charge in [-0.2, -0.15) is 0 Å². The second-order valence-electron chi connectivity index (χ2n) is 8.84. The first-order valence-electron chi connectivity index (χ1n) is 11.1. The summed E-state index contributed by atoms with van der Waals surface area (Å²) < 4.78 is 22.9. The summed E-state index contributed by atoms with van der Waals surface area (Å²) in [6, 6.07) is 16.0. The highest BCUT2D eigenvalue weighted by molar-refractivity contribution is 5.95. The third kappa shape index (κ3) is 4.26. The quantitative estimate of drug-likeness (QED) is 0.520. The second-order valence-corrected chi connectivity index (χ2v) is 8.84. The highest BCUT2D eigenvalue weighted by Gasteiger charge is 2.58. The number of fused-ring (bicyclic) bond motifs is 1. The van der Waals surface area contributed by atoms with Crippen molar-refractivity contribution in [2.24, 2.45) is 5.41 Å². The molecule has 10 nitrogen and oxygen atoms in total. The molecule has 2 atom stereocenters. The molecule has 2 aliphatic rings. The van der Waals surface area contributed by atoms with E-state index in [1.807, 2.05) is 19.9 Å². The molecule has 1 amide bonds. The average molecular weight is 484 g/mol. The van der Waals surface area contributed by atoms with Crippen molar-refractivity contribution in [3.63, 3.8) is 0 Å². The Labute approximate surface area is 203 Å². The second kappa shape index (κ2) is 9.47. The fourth-order valence-corrected chi connectivity index (χ4v) is 4.44. The van der Waals surface area contributed by atoms with Gasteiger partial charge in [-0.3, -0.25) is 9.69 Å². The number of hydrogen-bond donors (Lipinski definition) is 3. The molecule has 2 aliphatic heterocycles. The number of nitrogens with zero attached hydrogens (tertiary/aromatic N) is 1. The van der Waals surface area contributed by atoms with Gasteiger partial charge in [0, 0.05) is 19.9 Å². The Morgan fingerprint density at radius 1 is 1.14 bits per heavy atom. The van der Waals surface area contributed by atoms with Crippen LogP contribution in [-0.4, -0.2) is 56.4 Å². The summed E-state index contributed by atoms with van der Waals surface area (Å²) in [5.74, 6) is -2.28. The van der Waals surface area contributed by atoms with E-state index in [1.54, 1.807) is 55.6 Å². The predicted molar refractivity (Wildman–Crippen MR) is 127 cm³/mol. The summed E-state index contributed by atoms with van der Waals surface area (Å²) >= 11 is 0. The van der Waals surface area contributed by atoms with E-state index in [9.17, 15) is 14.7 Å². The number of aliphatic carboxylic acids is 1. The van der Waals surface area contributed by atoms with Crippen LogP contribution < -0.4 is 25.0 Å². The molecule has 0 saturated heterocycles. The van der Waals surface area contributed by atoms with E-state index in [-0.39, 0.29) is 24.7 Å². The number of carbonyl (C=O) groups excluding carboxylic acids is 1. The van der Waals surface area contributed by atoms with E-state index in [2.05, 4.69) is 10.6 Å². The van der Waals surface area contributed by atoms with E-state index in [4.69, 9.17) is 18.9 Å². The van der Waals surface area contributed by atoms with Gasteiger partial charge in [-0.05, 0) is 24.3 Å². The van der Waals surface area contributed by atoms with Crippen LogP contribution >= 0.6 is 0 Å². The Morgan fingerprint density at radius 3 is 2.43 bits per heavy atom. The number of carboxylic acid groups (broad SMARTS) is 1. The van der Waals surface area contributed by atoms with Crippen LogP contribution in [0, 0.1) is 5.41 Å². The van der Waals surface area contributed by atoms with Crippen LogP contribution in [0.5, 0.6) is 11.5 Å². The fourth-order valence-electron chi connectivity index (χ4n) is 4.44. The zero-order chi connectivity index (χ0) is 25.2. The number of ether oxygens (including phenoxy) is 4. The number of para-hydroxylation sites is 3. The molecule has 0 radical (unpaired) electrons. The lowest BCUT2D eigenvalue weighted by atomic mass is 9.86. The lowest BCUT2D eigenvalue weighted by Crippen LogP contribution is -2.66. The summed E-state index contributed by atoms with van der Waals surface area (Å²) in [5, 5.41) is 16.1. The molecule has 0 aliphatic carbocycles. The van der Waals surface area contributed by atoms with Crippen molar-refractivity contribution in [2.75, 3.05) is 32.3 Å². The largest absolute Gasteiger partial charge is 0.485 e. The zero-order valence-corrected chi connectivity index (χ0v) is 20.0. The van der Waals surface area contributed by atoms with Crippen molar-refractivity contribution in [3.8, 4) is 11.5 Å². The highest BCUT2D eigenvalue weighted by Crippen LogP contribution is 2.44. The molecule has 35 heavy (non-hydrogen) atoms. The van der Waals surface area contributed by atoms with Gasteiger partial charge in [0.25, 0.3) is 5.91 Å². The molecule has 0 spiro atoms. The molecule has 2 heterocycles. The molecule has 0 bridgehead atoms. The van der Waals surface area contributed by atoms with Crippen molar-refractivity contribution < 1.29 is 33.6 Å². The number of anilines is 1. The first kappa shape index (κ1) is 24.4. The molecule has 4 rings (SSSR count). The van der Waals surface area contributed by atoms with Crippen LogP contribution in [0.3, 0.4) is 0 Å². The number of benzene rings is 2. The number of hydrogen-bond acceptors (Lipinski definition) is 8. The summed E-state index contributed by atoms with van der Waals surface area (Å²) in [6.45, 7) is 3.96. The number of carboxylic acids is 1. The van der Waals surface area contributed by atoms with Gasteiger partial charge in [0.1, 0.15) is 12.4 Å². The molecule has 0 fully saturated rings. The monoisotopic (exact) mass is 483 g/mol. The molecular weight excluding hydrogens is 454 g/mol. The number of rotatable bonds is 8. The normalized spacial score (nSPS) is 21.5. The summed E-state index contributed by atoms with van der Waals surface area (Å²) in [6.07, 6.45) is -0.982. The summed E-state index contributed by atoms with van der Waals surface area (Å²) in [5.41, 5.74) is -0.422. The molecule has 2 aromatic rings. The van der Waals surface area contributed by atoms with Gasteiger partial charge in [-0.15, -0.1) is 0 Å². The number of amides is 1. The Balaban J connectivity index is 1.73. The lowest BCUT2D eigenvalue weighted by Gasteiger charge is -2.48. The molecule has 2 aromatic carbocycles. The van der Waals surface area contributed by atoms with Gasteiger partial charge >= 0.3 is 5.97 Å². The van der Waals surface area contributed by atoms with Crippen molar-refractivity contribution >= 4 is 17.6 Å². The van der Waals surface area contributed by atoms with Gasteiger partial charge in [0.15, 0.2) is 17.2 Å². The predicted octanol–water partition coefficient (Wildman–Crippen LogP) is 2.28. The van der Waals surface area contributed by atoms with Crippen molar-refractivity contribution in [1.29, 1.82) is 0 Å². The fraction of sp³-hybridized carbons (Fsp3) is 0.360. The Kier molecular flexibility index (Phi) is 6.60. The van der Waals surface area contributed by atoms with E-state index in [1.165, 1.54) is 12.0 Å². The summed E-state index contributed by atoms with van der Waals surface area (Å²) in [7, 11) is 3.03. The van der Waals surface area contributed by atoms with E-state index in [0.29, 0.717) is 17.2 Å². The minimum atomic E-state index is -1.41. The number of nitrogens with one attached hydrogen (secondary N) is 2. The zero-order valence-electron chi connectivity index (χ0n) is 20.0. The molecule has 186 valence electrons. The van der Waals surface area contributed by atoms with E-state index < -0.39 is 29.2 Å². The minimum Gasteiger partial charge on any atom is -0.485 e. The molecule has 0 saturated carbocycles. The Hall–Kier alpha value is -3.76. The lowest BCUT2D eigenvalue weighted by molar-refractivity contribution is -0.140. The first-order valence-corrected chi connectivity index (χ1v) is 11.1. The number of methoxy groups -OCH3 is 2. The smallest absolute Gasteiger partial charge is 0.356 e. The maximum Gasteiger partial charge on any atom is 0.356 e.